The lowest BCUT2D eigenvalue weighted by atomic mass is 10.6. The van der Waals surface area contributed by atoms with E-state index in [0.717, 1.165) is 46.6 Å². The van der Waals surface area contributed by atoms with E-state index in [-0.39, 0.29) is 6.61 Å². The van der Waals surface area contributed by atoms with Crippen molar-refractivity contribution in [2.75, 3.05) is 67.4 Å². The number of carboxylic acids is 1. The van der Waals surface area contributed by atoms with E-state index in [1.165, 1.54) is 6.92 Å². The molecule has 0 spiro atoms. The average molecular weight is 701 g/mol. The molecule has 0 aromatic rings. The summed E-state index contributed by atoms with van der Waals surface area (Å²) in [6.07, 6.45) is 12.6. The molecule has 0 fully saturated rings. The van der Waals surface area contributed by atoms with Crippen molar-refractivity contribution in [3.05, 3.63) is 37.2 Å². The molecular weight excluding hydrogens is 652 g/mol. The predicted octanol–water partition coefficient (Wildman–Crippen LogP) is 0.572. The standard InChI is InChI=1S/3C6H12N2.C2H6O4S.C2H4O2.H2O7S2/c3*1-3-8-5-4-7(2)6-8;1-2-6-7(3,4)5;1-2(3)4;1-8(2,3)7-9(4,5)6/h3*4-5H,3,6H2,1-2H3;2H2,1H3,(H,3,4,5);1H3,(H,3,4);(H,1,2,3)(H,4,5,6). The predicted molar refractivity (Wildman–Crippen MR) is 163 cm³/mol. The van der Waals surface area contributed by atoms with Crippen molar-refractivity contribution in [2.24, 2.45) is 0 Å². The van der Waals surface area contributed by atoms with Crippen molar-refractivity contribution in [1.29, 1.82) is 0 Å². The Morgan fingerprint density at radius 3 is 0.909 bits per heavy atom. The Balaban J connectivity index is -0.000000464. The summed E-state index contributed by atoms with van der Waals surface area (Å²) in [6, 6.07) is 0. The van der Waals surface area contributed by atoms with Gasteiger partial charge in [0, 0.05) is 84.9 Å². The Morgan fingerprint density at radius 1 is 0.614 bits per heavy atom. The third-order valence-electron chi connectivity index (χ3n) is 4.47. The summed E-state index contributed by atoms with van der Waals surface area (Å²) in [7, 11) is -8.19. The second kappa shape index (κ2) is 23.5. The first-order chi connectivity index (χ1) is 20.0. The number of nitrogens with zero attached hydrogens (tertiary/aromatic N) is 6. The molecule has 0 aromatic heterocycles. The van der Waals surface area contributed by atoms with Gasteiger partial charge in [0.1, 0.15) is 0 Å². The van der Waals surface area contributed by atoms with Gasteiger partial charge in [-0.1, -0.05) is 0 Å². The highest BCUT2D eigenvalue weighted by Gasteiger charge is 2.15. The maximum absolute atomic E-state index is 9.56. The summed E-state index contributed by atoms with van der Waals surface area (Å²) in [4.78, 5) is 22.2. The van der Waals surface area contributed by atoms with E-state index < -0.39 is 37.2 Å². The van der Waals surface area contributed by atoms with Crippen LogP contribution < -0.4 is 0 Å². The average Bonchev–Trinajstić information content (AvgIpc) is 3.58. The highest BCUT2D eigenvalue weighted by molar-refractivity contribution is 7.94. The minimum Gasteiger partial charge on any atom is -0.481 e. The van der Waals surface area contributed by atoms with Crippen LogP contribution in [0.15, 0.2) is 37.2 Å². The van der Waals surface area contributed by atoms with Gasteiger partial charge in [-0.25, -0.2) is 4.18 Å². The van der Waals surface area contributed by atoms with Crippen molar-refractivity contribution >= 4 is 37.2 Å². The molecule has 0 bridgehead atoms. The van der Waals surface area contributed by atoms with Crippen LogP contribution in [0.3, 0.4) is 0 Å². The molecule has 22 heteroatoms. The molecule has 0 aromatic carbocycles. The van der Waals surface area contributed by atoms with Crippen molar-refractivity contribution in [3.63, 3.8) is 0 Å². The van der Waals surface area contributed by atoms with Crippen molar-refractivity contribution < 1.29 is 56.6 Å². The Labute approximate surface area is 262 Å². The van der Waals surface area contributed by atoms with Crippen LogP contribution in [0.2, 0.25) is 0 Å². The van der Waals surface area contributed by atoms with E-state index in [0.29, 0.717) is 0 Å². The fourth-order valence-corrected chi connectivity index (χ4v) is 3.81. The molecular formula is C22H48N6O13S3. The molecule has 3 rings (SSSR count). The molecule has 0 aliphatic carbocycles. The normalized spacial score (nSPS) is 15.2. The molecule has 3 aliphatic rings. The fourth-order valence-electron chi connectivity index (χ4n) is 2.64. The van der Waals surface area contributed by atoms with Crippen LogP contribution in [0.1, 0.15) is 34.6 Å². The minimum atomic E-state index is -5.12. The van der Waals surface area contributed by atoms with Gasteiger partial charge in [-0.15, -0.1) is 3.63 Å². The van der Waals surface area contributed by atoms with E-state index in [4.69, 9.17) is 23.6 Å². The van der Waals surface area contributed by atoms with E-state index in [1.54, 1.807) is 0 Å². The first-order valence-electron chi connectivity index (χ1n) is 12.8. The van der Waals surface area contributed by atoms with Gasteiger partial charge in [0.2, 0.25) is 0 Å². The summed E-state index contributed by atoms with van der Waals surface area (Å²) in [5.74, 6) is -0.833. The summed E-state index contributed by atoms with van der Waals surface area (Å²) >= 11 is 0. The van der Waals surface area contributed by atoms with Gasteiger partial charge in [-0.3, -0.25) is 18.5 Å². The van der Waals surface area contributed by atoms with Crippen molar-refractivity contribution in [2.45, 2.75) is 34.6 Å². The first kappa shape index (κ1) is 45.6. The van der Waals surface area contributed by atoms with Crippen LogP contribution in [0, 0.1) is 0 Å². The second-order valence-corrected chi connectivity index (χ2v) is 11.9. The second-order valence-electron chi connectivity index (χ2n) is 8.58. The van der Waals surface area contributed by atoms with Gasteiger partial charge in [-0.2, -0.15) is 25.3 Å². The zero-order valence-electron chi connectivity index (χ0n) is 26.3. The maximum atomic E-state index is 9.56. The van der Waals surface area contributed by atoms with E-state index in [1.807, 2.05) is 0 Å². The van der Waals surface area contributed by atoms with Gasteiger partial charge < -0.3 is 34.5 Å². The highest BCUT2D eigenvalue weighted by Crippen LogP contribution is 2.02. The van der Waals surface area contributed by atoms with Crippen LogP contribution in [-0.2, 0) is 43.8 Å². The van der Waals surface area contributed by atoms with Gasteiger partial charge >= 0.3 is 31.2 Å². The SMILES string of the molecule is CC(=O)O.CCN1C=CN(C)C1.CCN1C=CN(C)C1.CCN1C=CN(C)C1.CCOS(=O)(=O)O.O=S(=O)(O)OS(=O)(=O)O. The van der Waals surface area contributed by atoms with Crippen molar-refractivity contribution in [1.82, 2.24) is 29.4 Å². The van der Waals surface area contributed by atoms with Gasteiger partial charge in [0.05, 0.1) is 26.6 Å². The third kappa shape index (κ3) is 35.3. The lowest BCUT2D eigenvalue weighted by Crippen LogP contribution is -2.21. The molecule has 19 nitrogen and oxygen atoms in total. The summed E-state index contributed by atoms with van der Waals surface area (Å²) in [5.41, 5.74) is 0. The summed E-state index contributed by atoms with van der Waals surface area (Å²) in [6.45, 7) is 15.5. The lowest BCUT2D eigenvalue weighted by molar-refractivity contribution is -0.134. The Hall–Kier alpha value is -2.86. The number of carbonyl (C=O) groups is 1. The molecule has 262 valence electrons. The minimum absolute atomic E-state index is 0.0289. The lowest BCUT2D eigenvalue weighted by Gasteiger charge is -2.14. The topological polar surface area (TPSA) is 238 Å². The molecule has 0 saturated heterocycles. The van der Waals surface area contributed by atoms with Gasteiger partial charge in [0.15, 0.2) is 0 Å². The van der Waals surface area contributed by atoms with Gasteiger partial charge in [-0.05, 0) is 27.7 Å². The molecule has 0 saturated carbocycles. The molecule has 44 heavy (non-hydrogen) atoms. The van der Waals surface area contributed by atoms with E-state index >= 15 is 0 Å². The maximum Gasteiger partial charge on any atom is 0.413 e. The van der Waals surface area contributed by atoms with Crippen molar-refractivity contribution in [3.8, 4) is 0 Å². The molecule has 4 N–H and O–H groups in total. The largest absolute Gasteiger partial charge is 0.481 e. The van der Waals surface area contributed by atoms with Crippen LogP contribution in [0.4, 0.5) is 0 Å². The molecule has 3 aliphatic heterocycles. The Bertz CT molecular complexity index is 1100. The van der Waals surface area contributed by atoms with Gasteiger partial charge in [0.25, 0.3) is 5.97 Å². The molecule has 0 radical (unpaired) electrons. The first-order valence-corrected chi connectivity index (χ1v) is 16.9. The Morgan fingerprint density at radius 2 is 0.864 bits per heavy atom. The van der Waals surface area contributed by atoms with Crippen LogP contribution in [0.5, 0.6) is 0 Å². The van der Waals surface area contributed by atoms with E-state index in [9.17, 15) is 25.3 Å². The fraction of sp³-hybridized carbons (Fsp3) is 0.682. The number of rotatable bonds is 7. The van der Waals surface area contributed by atoms with E-state index in [2.05, 4.69) is 116 Å². The molecule has 0 amide bonds. The number of aliphatic carboxylic acids is 1. The Kier molecular flexibility index (Phi) is 24.4. The summed E-state index contributed by atoms with van der Waals surface area (Å²) < 4.78 is 86.2. The number of carboxylic acid groups (broad SMARTS) is 1. The smallest absolute Gasteiger partial charge is 0.413 e. The zero-order chi connectivity index (χ0) is 35.1. The van der Waals surface area contributed by atoms with Crippen LogP contribution >= 0.6 is 0 Å². The summed E-state index contributed by atoms with van der Waals surface area (Å²) in [5, 5.41) is 7.42. The number of hydrogen-bond acceptors (Lipinski definition) is 15. The van der Waals surface area contributed by atoms with Crippen LogP contribution in [-0.4, -0.2) is 147 Å². The molecule has 0 atom stereocenters. The van der Waals surface area contributed by atoms with Crippen LogP contribution in [0.25, 0.3) is 0 Å². The molecule has 0 unspecified atom stereocenters. The third-order valence-corrected chi connectivity index (χ3v) is 6.38. The monoisotopic (exact) mass is 700 g/mol. The number of hydrogen-bond donors (Lipinski definition) is 4. The molecule has 3 heterocycles. The quantitative estimate of drug-likeness (QED) is 0.266. The highest BCUT2D eigenvalue weighted by atomic mass is 32.3. The zero-order valence-corrected chi connectivity index (χ0v) is 28.7.